The molecule has 5 N–H and O–H groups in total. The van der Waals surface area contributed by atoms with E-state index in [2.05, 4.69) is 20.2 Å². The van der Waals surface area contributed by atoms with Gasteiger partial charge in [0.1, 0.15) is 18.0 Å². The summed E-state index contributed by atoms with van der Waals surface area (Å²) in [4.78, 5) is 22.7. The van der Waals surface area contributed by atoms with Gasteiger partial charge in [-0.25, -0.2) is 9.18 Å². The van der Waals surface area contributed by atoms with Crippen LogP contribution in [0.5, 0.6) is 5.75 Å². The second kappa shape index (κ2) is 13.1. The molecular weight excluding hydrogens is 557 g/mol. The number of hydrogen-bond acceptors (Lipinski definition) is 6. The van der Waals surface area contributed by atoms with Gasteiger partial charge in [-0.2, -0.15) is 4.98 Å². The first-order chi connectivity index (χ1) is 20.2. The van der Waals surface area contributed by atoms with Crippen molar-refractivity contribution in [2.45, 2.75) is 52.1 Å². The number of aryl methyl sites for hydroxylation is 1. The van der Waals surface area contributed by atoms with Crippen LogP contribution in [0.2, 0.25) is 5.02 Å². The van der Waals surface area contributed by atoms with Crippen LogP contribution in [0.4, 0.5) is 4.39 Å². The van der Waals surface area contributed by atoms with E-state index in [1.54, 1.807) is 31.3 Å². The molecule has 2 aromatic carbocycles. The molecule has 4 aromatic rings. The quantitative estimate of drug-likeness (QED) is 0.116. The maximum Gasteiger partial charge on any atom is 0.354 e. The van der Waals surface area contributed by atoms with E-state index >= 15 is 4.39 Å². The van der Waals surface area contributed by atoms with Crippen LogP contribution in [-0.4, -0.2) is 57.6 Å². The van der Waals surface area contributed by atoms with Crippen molar-refractivity contribution in [2.24, 2.45) is 5.73 Å². The maximum atomic E-state index is 15.1. The van der Waals surface area contributed by atoms with E-state index < -0.39 is 11.5 Å². The molecule has 222 valence electrons. The molecule has 42 heavy (non-hydrogen) atoms. The number of amidine groups is 1. The van der Waals surface area contributed by atoms with Crippen molar-refractivity contribution in [3.8, 4) is 22.7 Å². The number of ether oxygens (including phenoxy) is 1. The first kappa shape index (κ1) is 29.8. The molecule has 5 rings (SSSR count). The standard InChI is InChI=1S/C31H37ClFN7O2/c1-19(34)5-3-6-21-13-25(29(33)26(32)14-21)27-15-23-18-40(31(41)38-30(23)37-27)24-8-7-22-17-39(10-4-9-36-20(2)35)11-12-42-28(22)16-24/h7-8,13-16,18-19H,3-6,9-12,17,34H2,1-2H3,(H2,35,36)(H,37,38,41). The Morgan fingerprint density at radius 2 is 2.12 bits per heavy atom. The Morgan fingerprint density at radius 1 is 1.29 bits per heavy atom. The number of rotatable bonds is 10. The Morgan fingerprint density at radius 3 is 2.90 bits per heavy atom. The summed E-state index contributed by atoms with van der Waals surface area (Å²) in [6.07, 6.45) is 5.11. The van der Waals surface area contributed by atoms with E-state index in [9.17, 15) is 4.79 Å². The fraction of sp³-hybridized carbons (Fsp3) is 0.387. The minimum atomic E-state index is -0.521. The predicted molar refractivity (Wildman–Crippen MR) is 165 cm³/mol. The van der Waals surface area contributed by atoms with Gasteiger partial charge in [-0.15, -0.1) is 0 Å². The highest BCUT2D eigenvalue weighted by Crippen LogP contribution is 2.32. The van der Waals surface area contributed by atoms with Crippen LogP contribution in [0.1, 0.15) is 44.2 Å². The molecule has 1 atom stereocenters. The number of aromatic amines is 1. The molecule has 1 unspecified atom stereocenters. The van der Waals surface area contributed by atoms with Gasteiger partial charge in [0.2, 0.25) is 0 Å². The molecule has 0 spiro atoms. The summed E-state index contributed by atoms with van der Waals surface area (Å²) >= 11 is 6.25. The van der Waals surface area contributed by atoms with Crippen LogP contribution in [-0.2, 0) is 13.0 Å². The minimum Gasteiger partial charge on any atom is -0.492 e. The van der Waals surface area contributed by atoms with E-state index in [-0.39, 0.29) is 11.1 Å². The van der Waals surface area contributed by atoms with E-state index in [1.165, 1.54) is 4.57 Å². The van der Waals surface area contributed by atoms with Crippen molar-refractivity contribution in [3.05, 3.63) is 75.0 Å². The Bertz CT molecular complexity index is 1650. The second-order valence-corrected chi connectivity index (χ2v) is 11.4. The first-order valence-corrected chi connectivity index (χ1v) is 14.7. The van der Waals surface area contributed by atoms with Crippen LogP contribution >= 0.6 is 11.6 Å². The zero-order valence-electron chi connectivity index (χ0n) is 24.0. The monoisotopic (exact) mass is 593 g/mol. The van der Waals surface area contributed by atoms with E-state index in [0.717, 1.165) is 68.7 Å². The lowest BCUT2D eigenvalue weighted by Crippen LogP contribution is -2.30. The summed E-state index contributed by atoms with van der Waals surface area (Å²) in [5.41, 5.74) is 9.23. The summed E-state index contributed by atoms with van der Waals surface area (Å²) in [5, 5.41) is 11.3. The van der Waals surface area contributed by atoms with Crippen molar-refractivity contribution in [2.75, 3.05) is 26.2 Å². The van der Waals surface area contributed by atoms with Crippen molar-refractivity contribution in [1.29, 1.82) is 5.41 Å². The molecule has 9 nitrogen and oxygen atoms in total. The normalized spacial score (nSPS) is 14.3. The third-order valence-corrected chi connectivity index (χ3v) is 7.72. The second-order valence-electron chi connectivity index (χ2n) is 11.0. The van der Waals surface area contributed by atoms with Gasteiger partial charge in [-0.3, -0.25) is 14.9 Å². The number of halogens is 2. The van der Waals surface area contributed by atoms with Crippen molar-refractivity contribution >= 4 is 28.5 Å². The average Bonchev–Trinajstić information content (AvgIpc) is 3.23. The molecule has 3 heterocycles. The first-order valence-electron chi connectivity index (χ1n) is 14.3. The molecule has 11 heteroatoms. The molecule has 1 aliphatic heterocycles. The number of nitrogens with one attached hydrogen (secondary N) is 3. The Labute approximate surface area is 249 Å². The SMILES string of the molecule is CC(=N)NCCCN1CCOc2cc(-n3cc4cc(-c5cc(CCCC(C)N)cc(Cl)c5F)[nH]c4nc3=O)ccc2C1. The Kier molecular flexibility index (Phi) is 9.25. The Hall–Kier alpha value is -3.73. The molecule has 0 saturated heterocycles. The van der Waals surface area contributed by atoms with Gasteiger partial charge in [0.15, 0.2) is 5.82 Å². The lowest BCUT2D eigenvalue weighted by Gasteiger charge is -2.19. The fourth-order valence-electron chi connectivity index (χ4n) is 5.27. The summed E-state index contributed by atoms with van der Waals surface area (Å²) in [6.45, 7) is 7.43. The molecule has 0 radical (unpaired) electrons. The van der Waals surface area contributed by atoms with Gasteiger partial charge in [0.25, 0.3) is 0 Å². The molecule has 0 amide bonds. The van der Waals surface area contributed by atoms with E-state index in [4.69, 9.17) is 27.5 Å². The van der Waals surface area contributed by atoms with E-state index in [0.29, 0.717) is 40.4 Å². The zero-order valence-corrected chi connectivity index (χ0v) is 24.7. The van der Waals surface area contributed by atoms with Crippen LogP contribution in [0.15, 0.2) is 47.4 Å². The number of nitrogens with zero attached hydrogens (tertiary/aromatic N) is 3. The lowest BCUT2D eigenvalue weighted by atomic mass is 10.0. The number of benzene rings is 2. The summed E-state index contributed by atoms with van der Waals surface area (Å²) in [5.74, 6) is 0.690. The minimum absolute atomic E-state index is 0.0520. The van der Waals surface area contributed by atoms with Crippen molar-refractivity contribution in [3.63, 3.8) is 0 Å². The largest absolute Gasteiger partial charge is 0.492 e. The number of nitrogens with two attached hydrogens (primary N) is 1. The van der Waals surface area contributed by atoms with E-state index in [1.807, 2.05) is 25.1 Å². The summed E-state index contributed by atoms with van der Waals surface area (Å²) < 4.78 is 22.7. The van der Waals surface area contributed by atoms with Crippen molar-refractivity contribution < 1.29 is 9.13 Å². The van der Waals surface area contributed by atoms with Crippen LogP contribution in [0, 0.1) is 11.2 Å². The molecule has 0 fully saturated rings. The van der Waals surface area contributed by atoms with Crippen molar-refractivity contribution in [1.82, 2.24) is 24.8 Å². The molecule has 1 aliphatic rings. The number of fused-ring (bicyclic) bond motifs is 2. The topological polar surface area (TPSA) is 125 Å². The van der Waals surface area contributed by atoms with Crippen LogP contribution in [0.25, 0.3) is 28.0 Å². The van der Waals surface area contributed by atoms with Gasteiger partial charge in [-0.05, 0) is 69.4 Å². The number of H-pyrrole nitrogens is 1. The van der Waals surface area contributed by atoms with Gasteiger partial charge < -0.3 is 20.8 Å². The number of hydrogen-bond donors (Lipinski definition) is 4. The van der Waals surface area contributed by atoms with Gasteiger partial charge >= 0.3 is 5.69 Å². The summed E-state index contributed by atoms with van der Waals surface area (Å²) in [7, 11) is 0. The molecule has 2 aromatic heterocycles. The highest BCUT2D eigenvalue weighted by molar-refractivity contribution is 6.31. The Balaban J connectivity index is 1.38. The predicted octanol–water partition coefficient (Wildman–Crippen LogP) is 5.01. The summed E-state index contributed by atoms with van der Waals surface area (Å²) in [6, 6.07) is 11.1. The third-order valence-electron chi connectivity index (χ3n) is 7.44. The fourth-order valence-corrected chi connectivity index (χ4v) is 5.51. The molecule has 0 saturated carbocycles. The number of aromatic nitrogens is 3. The van der Waals surface area contributed by atoms with Crippen LogP contribution in [0.3, 0.4) is 0 Å². The van der Waals surface area contributed by atoms with Gasteiger partial charge in [0, 0.05) is 61.0 Å². The molecule has 0 aliphatic carbocycles. The van der Waals surface area contributed by atoms with Gasteiger partial charge in [-0.1, -0.05) is 17.7 Å². The van der Waals surface area contributed by atoms with Gasteiger partial charge in [0.05, 0.1) is 22.2 Å². The highest BCUT2D eigenvalue weighted by atomic mass is 35.5. The zero-order chi connectivity index (χ0) is 29.8. The highest BCUT2D eigenvalue weighted by Gasteiger charge is 2.18. The average molecular weight is 594 g/mol. The maximum absolute atomic E-state index is 15.1. The third kappa shape index (κ3) is 7.00. The molecular formula is C31H37ClFN7O2. The molecule has 0 bridgehead atoms. The lowest BCUT2D eigenvalue weighted by molar-refractivity contribution is 0.224. The van der Waals surface area contributed by atoms with Crippen LogP contribution < -0.4 is 21.5 Å². The smallest absolute Gasteiger partial charge is 0.354 e.